The van der Waals surface area contributed by atoms with Gasteiger partial charge in [-0.25, -0.2) is 4.79 Å². The van der Waals surface area contributed by atoms with Gasteiger partial charge in [0.2, 0.25) is 0 Å². The van der Waals surface area contributed by atoms with Crippen LogP contribution < -0.4 is 5.32 Å². The Kier molecular flexibility index (Phi) is 4.19. The molecule has 1 heterocycles. The third-order valence-corrected chi connectivity index (χ3v) is 2.66. The van der Waals surface area contributed by atoms with Crippen LogP contribution in [0.5, 0.6) is 0 Å². The lowest BCUT2D eigenvalue weighted by molar-refractivity contribution is 0.0918. The molecule has 1 rings (SSSR count). The molecule has 0 bridgehead atoms. The maximum atomic E-state index is 11.5. The van der Waals surface area contributed by atoms with E-state index in [1.165, 1.54) is 0 Å². The fraction of sp³-hybridized carbons (Fsp3) is 0.917. The Hall–Kier alpha value is -0.770. The van der Waals surface area contributed by atoms with Gasteiger partial charge in [0.05, 0.1) is 0 Å². The first kappa shape index (κ1) is 13.3. The quantitative estimate of drug-likeness (QED) is 0.786. The van der Waals surface area contributed by atoms with Gasteiger partial charge in [0, 0.05) is 24.7 Å². The molecule has 0 aromatic rings. The minimum Gasteiger partial charge on any atom is -0.445 e. The largest absolute Gasteiger partial charge is 0.445 e. The van der Waals surface area contributed by atoms with E-state index in [1.54, 1.807) is 0 Å². The Morgan fingerprint density at radius 3 is 2.50 bits per heavy atom. The fourth-order valence-electron chi connectivity index (χ4n) is 1.81. The average Bonchev–Trinajstić information content (AvgIpc) is 2.48. The summed E-state index contributed by atoms with van der Waals surface area (Å²) in [5.41, 5.74) is -0.229. The monoisotopic (exact) mass is 228 g/mol. The number of hydrogen-bond acceptors (Lipinski definition) is 3. The van der Waals surface area contributed by atoms with Crippen LogP contribution in [0.3, 0.4) is 0 Å². The number of alkyl carbamates (subject to hydrolysis) is 1. The highest BCUT2D eigenvalue weighted by Crippen LogP contribution is 2.15. The summed E-state index contributed by atoms with van der Waals surface area (Å²) in [6.45, 7) is 12.0. The highest BCUT2D eigenvalue weighted by molar-refractivity contribution is 5.68. The van der Waals surface area contributed by atoms with E-state index in [0.717, 1.165) is 19.5 Å². The van der Waals surface area contributed by atoms with Crippen LogP contribution in [-0.4, -0.2) is 41.8 Å². The first-order valence-electron chi connectivity index (χ1n) is 6.01. The molecule has 1 saturated heterocycles. The summed E-state index contributed by atoms with van der Waals surface area (Å²) in [4.78, 5) is 13.9. The zero-order chi connectivity index (χ0) is 12.3. The van der Waals surface area contributed by atoms with Crippen molar-refractivity contribution in [3.8, 4) is 0 Å². The molecule has 1 fully saturated rings. The molecule has 4 heteroatoms. The highest BCUT2D eigenvalue weighted by Gasteiger charge is 2.27. The maximum Gasteiger partial charge on any atom is 0.407 e. The molecule has 0 aromatic heterocycles. The second-order valence-electron chi connectivity index (χ2n) is 5.78. The molecule has 0 spiro atoms. The number of rotatable bonds is 2. The van der Waals surface area contributed by atoms with Gasteiger partial charge in [-0.1, -0.05) is 0 Å². The van der Waals surface area contributed by atoms with Crippen LogP contribution in [0, 0.1) is 0 Å². The summed E-state index contributed by atoms with van der Waals surface area (Å²) in [6, 6.07) is 0.527. The lowest BCUT2D eigenvalue weighted by Gasteiger charge is -2.23. The standard InChI is InChI=1S/C12H24N2O2/c1-9(2)14-7-6-10(8-14)16-11(15)13-12(3,4)5/h9-10H,6-8H2,1-5H3,(H,13,15)/t10-/m1/s1. The van der Waals surface area contributed by atoms with Crippen LogP contribution in [0.2, 0.25) is 0 Å². The van der Waals surface area contributed by atoms with Crippen molar-refractivity contribution in [3.05, 3.63) is 0 Å². The van der Waals surface area contributed by atoms with E-state index in [2.05, 4.69) is 24.1 Å². The van der Waals surface area contributed by atoms with E-state index in [9.17, 15) is 4.79 Å². The van der Waals surface area contributed by atoms with Crippen LogP contribution in [0.15, 0.2) is 0 Å². The molecule has 16 heavy (non-hydrogen) atoms. The van der Waals surface area contributed by atoms with Crippen LogP contribution in [-0.2, 0) is 4.74 Å². The Morgan fingerprint density at radius 1 is 1.44 bits per heavy atom. The van der Waals surface area contributed by atoms with Crippen LogP contribution in [0.4, 0.5) is 4.79 Å². The number of carbonyl (C=O) groups excluding carboxylic acids is 1. The number of nitrogens with zero attached hydrogens (tertiary/aromatic N) is 1. The first-order valence-corrected chi connectivity index (χ1v) is 6.01. The van der Waals surface area contributed by atoms with Gasteiger partial charge in [0.25, 0.3) is 0 Å². The summed E-state index contributed by atoms with van der Waals surface area (Å²) >= 11 is 0. The van der Waals surface area contributed by atoms with E-state index in [0.29, 0.717) is 6.04 Å². The highest BCUT2D eigenvalue weighted by atomic mass is 16.6. The molecule has 1 aliphatic heterocycles. The van der Waals surface area contributed by atoms with Gasteiger partial charge >= 0.3 is 6.09 Å². The van der Waals surface area contributed by atoms with Crippen LogP contribution in [0.25, 0.3) is 0 Å². The number of ether oxygens (including phenoxy) is 1. The lowest BCUT2D eigenvalue weighted by Crippen LogP contribution is -2.42. The molecule has 0 aromatic carbocycles. The first-order chi connectivity index (χ1) is 7.28. The summed E-state index contributed by atoms with van der Waals surface area (Å²) in [7, 11) is 0. The number of likely N-dealkylation sites (tertiary alicyclic amines) is 1. The smallest absolute Gasteiger partial charge is 0.407 e. The van der Waals surface area contributed by atoms with Gasteiger partial charge in [0.1, 0.15) is 6.10 Å². The van der Waals surface area contributed by atoms with Crippen molar-refractivity contribution in [3.63, 3.8) is 0 Å². The number of nitrogens with one attached hydrogen (secondary N) is 1. The zero-order valence-corrected chi connectivity index (χ0v) is 11.0. The van der Waals surface area contributed by atoms with Crippen molar-refractivity contribution >= 4 is 6.09 Å². The van der Waals surface area contributed by atoms with Crippen molar-refractivity contribution in [2.24, 2.45) is 0 Å². The number of hydrogen-bond donors (Lipinski definition) is 1. The molecular formula is C12H24N2O2. The van der Waals surface area contributed by atoms with E-state index >= 15 is 0 Å². The second-order valence-corrected chi connectivity index (χ2v) is 5.78. The molecule has 0 unspecified atom stereocenters. The SMILES string of the molecule is CC(C)N1CC[C@@H](OC(=O)NC(C)(C)C)C1. The molecule has 1 atom stereocenters. The predicted molar refractivity (Wildman–Crippen MR) is 64.5 cm³/mol. The van der Waals surface area contributed by atoms with Gasteiger partial charge in [-0.3, -0.25) is 4.90 Å². The van der Waals surface area contributed by atoms with E-state index in [-0.39, 0.29) is 17.7 Å². The van der Waals surface area contributed by atoms with Gasteiger partial charge in [-0.2, -0.15) is 0 Å². The Balaban J connectivity index is 2.32. The van der Waals surface area contributed by atoms with Crippen LogP contribution >= 0.6 is 0 Å². The number of carbonyl (C=O) groups is 1. The van der Waals surface area contributed by atoms with Crippen molar-refractivity contribution in [2.45, 2.75) is 58.7 Å². The number of amides is 1. The molecular weight excluding hydrogens is 204 g/mol. The predicted octanol–water partition coefficient (Wildman–Crippen LogP) is 1.99. The topological polar surface area (TPSA) is 41.6 Å². The Morgan fingerprint density at radius 2 is 2.06 bits per heavy atom. The third kappa shape index (κ3) is 4.39. The Labute approximate surface area is 98.3 Å². The summed E-state index contributed by atoms with van der Waals surface area (Å²) in [6.07, 6.45) is 0.684. The normalized spacial score (nSPS) is 22.5. The van der Waals surface area contributed by atoms with E-state index in [1.807, 2.05) is 20.8 Å². The maximum absolute atomic E-state index is 11.5. The van der Waals surface area contributed by atoms with Crippen molar-refractivity contribution in [2.75, 3.05) is 13.1 Å². The summed E-state index contributed by atoms with van der Waals surface area (Å²) < 4.78 is 5.38. The van der Waals surface area contributed by atoms with E-state index < -0.39 is 0 Å². The van der Waals surface area contributed by atoms with Crippen molar-refractivity contribution in [1.29, 1.82) is 0 Å². The average molecular weight is 228 g/mol. The van der Waals surface area contributed by atoms with Crippen molar-refractivity contribution in [1.82, 2.24) is 10.2 Å². The molecule has 4 nitrogen and oxygen atoms in total. The van der Waals surface area contributed by atoms with Gasteiger partial charge in [-0.05, 0) is 41.0 Å². The van der Waals surface area contributed by atoms with Gasteiger partial charge in [0.15, 0.2) is 0 Å². The molecule has 0 radical (unpaired) electrons. The zero-order valence-electron chi connectivity index (χ0n) is 11.0. The van der Waals surface area contributed by atoms with Crippen molar-refractivity contribution < 1.29 is 9.53 Å². The molecule has 0 saturated carbocycles. The third-order valence-electron chi connectivity index (χ3n) is 2.66. The lowest BCUT2D eigenvalue weighted by atomic mass is 10.1. The minimum atomic E-state index is -0.303. The molecule has 94 valence electrons. The molecule has 0 aliphatic carbocycles. The fourth-order valence-corrected chi connectivity index (χ4v) is 1.81. The van der Waals surface area contributed by atoms with Gasteiger partial charge < -0.3 is 10.1 Å². The summed E-state index contributed by atoms with van der Waals surface area (Å²) in [5, 5.41) is 2.81. The molecule has 1 amide bonds. The summed E-state index contributed by atoms with van der Waals surface area (Å²) in [5.74, 6) is 0. The molecule has 1 aliphatic rings. The van der Waals surface area contributed by atoms with Gasteiger partial charge in [-0.15, -0.1) is 0 Å². The molecule has 1 N–H and O–H groups in total. The second kappa shape index (κ2) is 5.04. The van der Waals surface area contributed by atoms with E-state index in [4.69, 9.17) is 4.74 Å². The minimum absolute atomic E-state index is 0.0461. The Bertz CT molecular complexity index is 246. The van der Waals surface area contributed by atoms with Crippen LogP contribution in [0.1, 0.15) is 41.0 Å².